The molecule has 8 nitrogen and oxygen atoms in total. The predicted octanol–water partition coefficient (Wildman–Crippen LogP) is 1.92. The molecule has 0 radical (unpaired) electrons. The molecule has 2 fully saturated rings. The Bertz CT molecular complexity index is 979. The molecule has 2 unspecified atom stereocenters. The van der Waals surface area contributed by atoms with E-state index in [1.807, 2.05) is 47.4 Å². The van der Waals surface area contributed by atoms with Crippen LogP contribution in [0.4, 0.5) is 5.69 Å². The van der Waals surface area contributed by atoms with E-state index in [9.17, 15) is 15.0 Å². The number of carbonyl (C=O) groups is 1. The zero-order chi connectivity index (χ0) is 24.3. The van der Waals surface area contributed by atoms with Crippen molar-refractivity contribution in [3.8, 4) is 0 Å². The van der Waals surface area contributed by atoms with Crippen LogP contribution >= 0.6 is 0 Å². The van der Waals surface area contributed by atoms with Gasteiger partial charge in [-0.25, -0.2) is 0 Å². The van der Waals surface area contributed by atoms with Crippen molar-refractivity contribution < 1.29 is 15.0 Å². The number of nitrogen functional groups attached to an aromatic ring is 1. The summed E-state index contributed by atoms with van der Waals surface area (Å²) >= 11 is 0. The molecule has 8 heteroatoms. The van der Waals surface area contributed by atoms with E-state index in [2.05, 4.69) is 9.80 Å². The zero-order valence-corrected chi connectivity index (χ0v) is 19.7. The summed E-state index contributed by atoms with van der Waals surface area (Å²) in [7, 11) is 0. The first-order chi connectivity index (χ1) is 16.3. The number of amidine groups is 1. The second-order valence-corrected chi connectivity index (χ2v) is 9.51. The number of carboxylic acids is 1. The van der Waals surface area contributed by atoms with Crippen molar-refractivity contribution in [3.05, 3.63) is 65.7 Å². The Morgan fingerprint density at radius 1 is 1.00 bits per heavy atom. The largest absolute Gasteiger partial charge is 0.480 e. The third-order valence-electron chi connectivity index (χ3n) is 7.36. The molecule has 2 aromatic rings. The molecule has 0 aliphatic carbocycles. The molecular formula is C26H35N5O3. The molecule has 2 saturated heterocycles. The second kappa shape index (κ2) is 10.1. The fraction of sp³-hybridized carbons (Fsp3) is 0.462. The van der Waals surface area contributed by atoms with Crippen LogP contribution in [-0.2, 0) is 10.4 Å². The molecule has 0 saturated carbocycles. The van der Waals surface area contributed by atoms with Gasteiger partial charge in [-0.15, -0.1) is 0 Å². The maximum atomic E-state index is 12.2. The summed E-state index contributed by atoms with van der Waals surface area (Å²) in [5.41, 5.74) is 6.59. The van der Waals surface area contributed by atoms with Crippen molar-refractivity contribution >= 4 is 17.5 Å². The number of piperidine rings is 1. The average molecular weight is 466 g/mol. The number of likely N-dealkylation sites (tertiary alicyclic amines) is 1. The van der Waals surface area contributed by atoms with Crippen molar-refractivity contribution in [2.75, 3.05) is 44.2 Å². The molecule has 34 heavy (non-hydrogen) atoms. The number of nitrogens with two attached hydrogens (primary N) is 1. The zero-order valence-electron chi connectivity index (χ0n) is 19.7. The summed E-state index contributed by atoms with van der Waals surface area (Å²) < 4.78 is 0. The fourth-order valence-electron chi connectivity index (χ4n) is 5.39. The molecule has 2 atom stereocenters. The molecule has 5 N–H and O–H groups in total. The highest BCUT2D eigenvalue weighted by Gasteiger charge is 2.44. The number of nitrogens with zero attached hydrogens (tertiary/aromatic N) is 3. The lowest BCUT2D eigenvalue weighted by atomic mass is 9.85. The van der Waals surface area contributed by atoms with Gasteiger partial charge in [0.05, 0.1) is 0 Å². The van der Waals surface area contributed by atoms with Crippen LogP contribution < -0.4 is 10.6 Å². The van der Waals surface area contributed by atoms with Gasteiger partial charge in [-0.2, -0.15) is 0 Å². The summed E-state index contributed by atoms with van der Waals surface area (Å²) in [6.07, 6.45) is 1.78. The smallest absolute Gasteiger partial charge is 0.324 e. The topological polar surface area (TPSA) is 117 Å². The maximum absolute atomic E-state index is 12.2. The minimum atomic E-state index is -1.47. The van der Waals surface area contributed by atoms with E-state index in [0.29, 0.717) is 24.7 Å². The highest BCUT2D eigenvalue weighted by atomic mass is 16.4. The second-order valence-electron chi connectivity index (χ2n) is 9.51. The maximum Gasteiger partial charge on any atom is 0.324 e. The van der Waals surface area contributed by atoms with Crippen LogP contribution in [0.5, 0.6) is 0 Å². The van der Waals surface area contributed by atoms with Gasteiger partial charge in [-0.05, 0) is 49.6 Å². The van der Waals surface area contributed by atoms with E-state index in [1.165, 1.54) is 0 Å². The van der Waals surface area contributed by atoms with E-state index >= 15 is 0 Å². The number of rotatable bonds is 7. The first-order valence-electron chi connectivity index (χ1n) is 12.0. The van der Waals surface area contributed by atoms with Crippen LogP contribution in [0.15, 0.2) is 54.6 Å². The minimum Gasteiger partial charge on any atom is -0.480 e. The van der Waals surface area contributed by atoms with Crippen molar-refractivity contribution in [1.82, 2.24) is 9.80 Å². The first-order valence-corrected chi connectivity index (χ1v) is 12.0. The van der Waals surface area contributed by atoms with E-state index in [0.717, 1.165) is 50.3 Å². The van der Waals surface area contributed by atoms with Gasteiger partial charge in [0, 0.05) is 56.6 Å². The van der Waals surface area contributed by atoms with Gasteiger partial charge in [0.2, 0.25) is 0 Å². The molecule has 0 aromatic heterocycles. The van der Waals surface area contributed by atoms with Gasteiger partial charge in [-0.3, -0.25) is 20.0 Å². The lowest BCUT2D eigenvalue weighted by Gasteiger charge is -2.46. The molecule has 0 bridgehead atoms. The number of aliphatic hydroxyl groups is 1. The molecule has 2 aliphatic heterocycles. The number of benzene rings is 2. The number of piperazine rings is 1. The molecule has 4 rings (SSSR count). The molecule has 2 aliphatic rings. The van der Waals surface area contributed by atoms with Gasteiger partial charge in [-0.1, -0.05) is 30.3 Å². The van der Waals surface area contributed by atoms with Gasteiger partial charge in [0.1, 0.15) is 17.5 Å². The summed E-state index contributed by atoms with van der Waals surface area (Å²) in [6.45, 7) is 6.69. The Morgan fingerprint density at radius 2 is 1.59 bits per heavy atom. The van der Waals surface area contributed by atoms with Crippen LogP contribution in [0, 0.1) is 5.41 Å². The Labute approximate surface area is 201 Å². The SMILES string of the molecule is CC(O)(c1ccccc1)C(C(=O)O)N1CCC(N2CCN(c3ccc(C(=N)N)cc3)CC2)CC1. The number of aliphatic carboxylic acids is 1. The fourth-order valence-corrected chi connectivity index (χ4v) is 5.39. The van der Waals surface area contributed by atoms with Crippen LogP contribution in [0.1, 0.15) is 30.9 Å². The van der Waals surface area contributed by atoms with Crippen molar-refractivity contribution in [3.63, 3.8) is 0 Å². The van der Waals surface area contributed by atoms with Crippen molar-refractivity contribution in [2.45, 2.75) is 37.5 Å². The van der Waals surface area contributed by atoms with E-state index < -0.39 is 17.6 Å². The summed E-state index contributed by atoms with van der Waals surface area (Å²) in [4.78, 5) is 19.0. The number of anilines is 1. The van der Waals surface area contributed by atoms with Crippen LogP contribution in [-0.4, -0.2) is 83.2 Å². The third kappa shape index (κ3) is 5.09. The molecular weight excluding hydrogens is 430 g/mol. The normalized spacial score (nSPS) is 21.1. The first kappa shape index (κ1) is 24.2. The number of hydrogen-bond donors (Lipinski definition) is 4. The molecule has 2 heterocycles. The predicted molar refractivity (Wildman–Crippen MR) is 133 cm³/mol. The summed E-state index contributed by atoms with van der Waals surface area (Å²) in [5, 5.41) is 28.7. The van der Waals surface area contributed by atoms with E-state index in [4.69, 9.17) is 11.1 Å². The number of carboxylic acid groups (broad SMARTS) is 1. The van der Waals surface area contributed by atoms with Gasteiger partial charge >= 0.3 is 5.97 Å². The highest BCUT2D eigenvalue weighted by Crippen LogP contribution is 2.31. The van der Waals surface area contributed by atoms with Gasteiger partial charge in [0.15, 0.2) is 0 Å². The van der Waals surface area contributed by atoms with Crippen molar-refractivity contribution in [1.29, 1.82) is 5.41 Å². The lowest BCUT2D eigenvalue weighted by Crippen LogP contribution is -2.59. The Kier molecular flexibility index (Phi) is 7.21. The van der Waals surface area contributed by atoms with Gasteiger partial charge < -0.3 is 20.8 Å². The average Bonchev–Trinajstić information content (AvgIpc) is 2.85. The Hall–Kier alpha value is -2.94. The van der Waals surface area contributed by atoms with Crippen LogP contribution in [0.25, 0.3) is 0 Å². The monoisotopic (exact) mass is 465 g/mol. The van der Waals surface area contributed by atoms with E-state index in [1.54, 1.807) is 19.1 Å². The Balaban J connectivity index is 1.33. The summed E-state index contributed by atoms with van der Waals surface area (Å²) in [5.74, 6) is -0.908. The number of nitrogens with one attached hydrogen (secondary N) is 1. The Morgan fingerprint density at radius 3 is 2.12 bits per heavy atom. The molecule has 0 amide bonds. The highest BCUT2D eigenvalue weighted by molar-refractivity contribution is 5.95. The van der Waals surface area contributed by atoms with Gasteiger partial charge in [0.25, 0.3) is 0 Å². The number of hydrogen-bond acceptors (Lipinski definition) is 6. The summed E-state index contributed by atoms with van der Waals surface area (Å²) in [6, 6.07) is 16.4. The third-order valence-corrected chi connectivity index (χ3v) is 7.36. The van der Waals surface area contributed by atoms with Crippen LogP contribution in [0.3, 0.4) is 0 Å². The van der Waals surface area contributed by atoms with E-state index in [-0.39, 0.29) is 5.84 Å². The minimum absolute atomic E-state index is 0.0816. The molecule has 0 spiro atoms. The molecule has 182 valence electrons. The quantitative estimate of drug-likeness (QED) is 0.365. The standard InChI is InChI=1S/C26H35N5O3/c1-26(34,20-5-3-2-4-6-20)23(25(32)33)31-13-11-22(12-14-31)30-17-15-29(16-18-30)21-9-7-19(8-10-21)24(27)28/h2-10,22-23,34H,11-18H2,1H3,(H3,27,28)(H,32,33). The van der Waals surface area contributed by atoms with Crippen molar-refractivity contribution in [2.24, 2.45) is 5.73 Å². The van der Waals surface area contributed by atoms with Crippen LogP contribution in [0.2, 0.25) is 0 Å². The lowest BCUT2D eigenvalue weighted by molar-refractivity contribution is -0.156. The molecule has 2 aromatic carbocycles.